The topological polar surface area (TPSA) is 65.2 Å². The molecule has 0 aromatic heterocycles. The SMILES string of the molecule is CCC(=N\O)/C(=N/O)c1ccccc1. The molecule has 14 heavy (non-hydrogen) atoms. The number of rotatable bonds is 3. The van der Waals surface area contributed by atoms with Crippen molar-refractivity contribution in [3.8, 4) is 0 Å². The lowest BCUT2D eigenvalue weighted by atomic mass is 10.0. The van der Waals surface area contributed by atoms with Crippen LogP contribution in [0.15, 0.2) is 40.6 Å². The van der Waals surface area contributed by atoms with Crippen LogP contribution in [0.1, 0.15) is 18.9 Å². The van der Waals surface area contributed by atoms with Crippen molar-refractivity contribution in [3.63, 3.8) is 0 Å². The van der Waals surface area contributed by atoms with Crippen LogP contribution in [0.2, 0.25) is 0 Å². The Bertz CT molecular complexity index is 344. The van der Waals surface area contributed by atoms with E-state index in [-0.39, 0.29) is 0 Å². The molecule has 1 aromatic carbocycles. The zero-order valence-corrected chi connectivity index (χ0v) is 7.88. The van der Waals surface area contributed by atoms with Gasteiger partial charge in [-0.3, -0.25) is 0 Å². The van der Waals surface area contributed by atoms with Crippen LogP contribution in [-0.4, -0.2) is 21.8 Å². The van der Waals surface area contributed by atoms with E-state index in [2.05, 4.69) is 10.3 Å². The van der Waals surface area contributed by atoms with E-state index in [4.69, 9.17) is 10.4 Å². The van der Waals surface area contributed by atoms with E-state index in [9.17, 15) is 0 Å². The number of hydrogen-bond acceptors (Lipinski definition) is 4. The molecule has 1 aromatic rings. The summed E-state index contributed by atoms with van der Waals surface area (Å²) in [4.78, 5) is 0. The average Bonchev–Trinajstić information content (AvgIpc) is 2.27. The van der Waals surface area contributed by atoms with E-state index < -0.39 is 0 Å². The van der Waals surface area contributed by atoms with Gasteiger partial charge in [0.1, 0.15) is 11.4 Å². The first-order valence-electron chi connectivity index (χ1n) is 4.32. The van der Waals surface area contributed by atoms with Gasteiger partial charge in [-0.2, -0.15) is 0 Å². The van der Waals surface area contributed by atoms with Crippen molar-refractivity contribution in [2.24, 2.45) is 10.3 Å². The molecule has 0 amide bonds. The lowest BCUT2D eigenvalue weighted by Gasteiger charge is -2.03. The molecule has 4 nitrogen and oxygen atoms in total. The van der Waals surface area contributed by atoms with Crippen molar-refractivity contribution in [1.29, 1.82) is 0 Å². The van der Waals surface area contributed by atoms with Gasteiger partial charge in [-0.15, -0.1) is 0 Å². The van der Waals surface area contributed by atoms with E-state index in [1.165, 1.54) is 0 Å². The average molecular weight is 192 g/mol. The van der Waals surface area contributed by atoms with Gasteiger partial charge in [0, 0.05) is 5.56 Å². The summed E-state index contributed by atoms with van der Waals surface area (Å²) in [6, 6.07) is 9.09. The minimum absolute atomic E-state index is 0.301. The molecule has 1 rings (SSSR count). The van der Waals surface area contributed by atoms with Crippen molar-refractivity contribution in [2.75, 3.05) is 0 Å². The summed E-state index contributed by atoms with van der Waals surface area (Å²) in [7, 11) is 0. The molecular weight excluding hydrogens is 180 g/mol. The summed E-state index contributed by atoms with van der Waals surface area (Å²) >= 11 is 0. The van der Waals surface area contributed by atoms with Gasteiger partial charge in [-0.05, 0) is 6.42 Å². The normalized spacial score (nSPS) is 12.9. The largest absolute Gasteiger partial charge is 0.411 e. The van der Waals surface area contributed by atoms with Gasteiger partial charge < -0.3 is 10.4 Å². The predicted octanol–water partition coefficient (Wildman–Crippen LogP) is 2.11. The molecule has 0 radical (unpaired) electrons. The molecule has 0 fully saturated rings. The predicted molar refractivity (Wildman–Crippen MR) is 54.3 cm³/mol. The Morgan fingerprint density at radius 3 is 2.21 bits per heavy atom. The van der Waals surface area contributed by atoms with Crippen molar-refractivity contribution >= 4 is 11.4 Å². The Morgan fingerprint density at radius 1 is 1.14 bits per heavy atom. The van der Waals surface area contributed by atoms with Crippen molar-refractivity contribution < 1.29 is 10.4 Å². The van der Waals surface area contributed by atoms with Crippen LogP contribution in [0.25, 0.3) is 0 Å². The molecule has 0 aliphatic heterocycles. The summed E-state index contributed by atoms with van der Waals surface area (Å²) in [5.74, 6) is 0. The van der Waals surface area contributed by atoms with Crippen molar-refractivity contribution in [2.45, 2.75) is 13.3 Å². The van der Waals surface area contributed by atoms with Gasteiger partial charge in [-0.25, -0.2) is 0 Å². The van der Waals surface area contributed by atoms with Gasteiger partial charge in [0.05, 0.1) is 0 Å². The quantitative estimate of drug-likeness (QED) is 0.437. The second kappa shape index (κ2) is 5.01. The summed E-state index contributed by atoms with van der Waals surface area (Å²) in [5, 5.41) is 23.7. The van der Waals surface area contributed by atoms with Crippen LogP contribution < -0.4 is 0 Å². The minimum Gasteiger partial charge on any atom is -0.411 e. The second-order valence-corrected chi connectivity index (χ2v) is 2.71. The molecule has 0 atom stereocenters. The first kappa shape index (κ1) is 10.2. The molecule has 0 bridgehead atoms. The lowest BCUT2D eigenvalue weighted by Crippen LogP contribution is -2.14. The van der Waals surface area contributed by atoms with Crippen LogP contribution in [0.5, 0.6) is 0 Å². The van der Waals surface area contributed by atoms with Crippen LogP contribution in [0, 0.1) is 0 Å². The Hall–Kier alpha value is -1.84. The molecule has 0 aliphatic carbocycles. The van der Waals surface area contributed by atoms with E-state index in [1.807, 2.05) is 25.1 Å². The monoisotopic (exact) mass is 192 g/mol. The Morgan fingerprint density at radius 2 is 1.79 bits per heavy atom. The third kappa shape index (κ3) is 2.10. The molecular formula is C10H12N2O2. The molecule has 0 aliphatic rings. The zero-order chi connectivity index (χ0) is 10.4. The second-order valence-electron chi connectivity index (χ2n) is 2.71. The number of benzene rings is 1. The molecule has 0 saturated carbocycles. The molecule has 0 saturated heterocycles. The number of oxime groups is 2. The summed E-state index contributed by atoms with van der Waals surface area (Å²) in [6.07, 6.45) is 0.505. The van der Waals surface area contributed by atoms with E-state index in [1.54, 1.807) is 12.1 Å². The molecule has 4 heteroatoms. The van der Waals surface area contributed by atoms with Crippen LogP contribution in [0.4, 0.5) is 0 Å². The summed E-state index contributed by atoms with van der Waals surface area (Å²) in [5.41, 5.74) is 1.39. The summed E-state index contributed by atoms with van der Waals surface area (Å²) in [6.45, 7) is 1.82. The zero-order valence-electron chi connectivity index (χ0n) is 7.88. The minimum atomic E-state index is 0.301. The van der Waals surface area contributed by atoms with E-state index >= 15 is 0 Å². The van der Waals surface area contributed by atoms with E-state index in [0.29, 0.717) is 17.8 Å². The number of hydrogen-bond donors (Lipinski definition) is 2. The molecule has 0 heterocycles. The maximum atomic E-state index is 8.81. The highest BCUT2D eigenvalue weighted by molar-refractivity contribution is 6.48. The fourth-order valence-corrected chi connectivity index (χ4v) is 1.16. The highest BCUT2D eigenvalue weighted by Crippen LogP contribution is 2.04. The first-order chi connectivity index (χ1) is 6.83. The van der Waals surface area contributed by atoms with Crippen molar-refractivity contribution in [1.82, 2.24) is 0 Å². The van der Waals surface area contributed by atoms with Gasteiger partial charge in [0.2, 0.25) is 0 Å². The fourth-order valence-electron chi connectivity index (χ4n) is 1.16. The Kier molecular flexibility index (Phi) is 3.67. The standard InChI is InChI=1S/C10H12N2O2/c1-2-9(11-13)10(12-14)8-6-4-3-5-7-8/h3-7,13-14H,2H2,1H3/b11-9+,12-10+. The smallest absolute Gasteiger partial charge is 0.134 e. The Balaban J connectivity index is 3.07. The maximum absolute atomic E-state index is 8.81. The van der Waals surface area contributed by atoms with Gasteiger partial charge in [-0.1, -0.05) is 47.6 Å². The molecule has 2 N–H and O–H groups in total. The molecule has 0 spiro atoms. The highest BCUT2D eigenvalue weighted by atomic mass is 16.4. The third-order valence-corrected chi connectivity index (χ3v) is 1.88. The lowest BCUT2D eigenvalue weighted by molar-refractivity contribution is 0.313. The van der Waals surface area contributed by atoms with Crippen LogP contribution in [0.3, 0.4) is 0 Å². The first-order valence-corrected chi connectivity index (χ1v) is 4.32. The van der Waals surface area contributed by atoms with Gasteiger partial charge >= 0.3 is 0 Å². The van der Waals surface area contributed by atoms with Gasteiger partial charge in [0.15, 0.2) is 0 Å². The number of nitrogens with zero attached hydrogens (tertiary/aromatic N) is 2. The maximum Gasteiger partial charge on any atom is 0.134 e. The molecule has 0 unspecified atom stereocenters. The molecule has 74 valence electrons. The third-order valence-electron chi connectivity index (χ3n) is 1.88. The van der Waals surface area contributed by atoms with E-state index in [0.717, 1.165) is 5.56 Å². The van der Waals surface area contributed by atoms with Crippen LogP contribution >= 0.6 is 0 Å². The van der Waals surface area contributed by atoms with Crippen LogP contribution in [-0.2, 0) is 0 Å². The van der Waals surface area contributed by atoms with Crippen molar-refractivity contribution in [3.05, 3.63) is 35.9 Å². The van der Waals surface area contributed by atoms with Gasteiger partial charge in [0.25, 0.3) is 0 Å². The highest BCUT2D eigenvalue weighted by Gasteiger charge is 2.10. The fraction of sp³-hybridized carbons (Fsp3) is 0.200. The Labute approximate surface area is 82.2 Å². The summed E-state index contributed by atoms with van der Waals surface area (Å²) < 4.78 is 0.